The zero-order valence-electron chi connectivity index (χ0n) is 22.7. The van der Waals surface area contributed by atoms with Gasteiger partial charge in [-0.15, -0.1) is 0 Å². The number of ether oxygens (including phenoxy) is 1. The molecule has 1 heterocycles. The Hall–Kier alpha value is -2.62. The molecule has 1 aliphatic heterocycles. The Labute approximate surface area is 227 Å². The fraction of sp³-hybridized carbons (Fsp3) is 0.552. The van der Waals surface area contributed by atoms with Gasteiger partial charge in [0.1, 0.15) is 6.10 Å². The number of anilines is 1. The van der Waals surface area contributed by atoms with Crippen LogP contribution in [-0.4, -0.2) is 74.7 Å². The Balaban J connectivity index is 1.67. The van der Waals surface area contributed by atoms with Gasteiger partial charge >= 0.3 is 0 Å². The summed E-state index contributed by atoms with van der Waals surface area (Å²) in [6, 6.07) is 12.7. The third-order valence-corrected chi connectivity index (χ3v) is 9.16. The molecule has 2 N–H and O–H groups in total. The van der Waals surface area contributed by atoms with Crippen molar-refractivity contribution in [3.63, 3.8) is 0 Å². The number of likely N-dealkylation sites (N-methyl/N-ethyl adjacent to an activating group) is 1. The molecule has 4 rings (SSSR count). The van der Waals surface area contributed by atoms with Crippen LogP contribution >= 0.6 is 0 Å². The van der Waals surface area contributed by atoms with E-state index >= 15 is 0 Å². The maximum Gasteiger partial charge on any atom is 0.262 e. The van der Waals surface area contributed by atoms with Crippen LogP contribution in [0.2, 0.25) is 0 Å². The summed E-state index contributed by atoms with van der Waals surface area (Å²) in [6.45, 7) is 5.76. The molecular weight excluding hydrogens is 502 g/mol. The lowest BCUT2D eigenvalue weighted by Gasteiger charge is -2.39. The summed E-state index contributed by atoms with van der Waals surface area (Å²) in [6.07, 6.45) is 6.08. The lowest BCUT2D eigenvalue weighted by Crippen LogP contribution is -2.50. The molecule has 1 saturated carbocycles. The predicted molar refractivity (Wildman–Crippen MR) is 149 cm³/mol. The van der Waals surface area contributed by atoms with Gasteiger partial charge in [0.15, 0.2) is 5.75 Å². The molecule has 1 aliphatic carbocycles. The van der Waals surface area contributed by atoms with Crippen molar-refractivity contribution in [1.29, 1.82) is 0 Å². The minimum absolute atomic E-state index is 0.0475. The fourth-order valence-electron chi connectivity index (χ4n) is 5.54. The second-order valence-electron chi connectivity index (χ2n) is 10.9. The van der Waals surface area contributed by atoms with Crippen molar-refractivity contribution in [2.75, 3.05) is 38.0 Å². The van der Waals surface area contributed by atoms with E-state index in [1.807, 2.05) is 13.8 Å². The molecule has 208 valence electrons. The van der Waals surface area contributed by atoms with Gasteiger partial charge in [-0.3, -0.25) is 9.52 Å². The topological polar surface area (TPSA) is 99.2 Å². The first-order valence-electron chi connectivity index (χ1n) is 13.7. The van der Waals surface area contributed by atoms with E-state index in [1.54, 1.807) is 41.3 Å². The average molecular weight is 544 g/mol. The highest BCUT2D eigenvalue weighted by molar-refractivity contribution is 7.92. The van der Waals surface area contributed by atoms with Crippen LogP contribution in [0.1, 0.15) is 56.3 Å². The van der Waals surface area contributed by atoms with E-state index in [0.717, 1.165) is 6.54 Å². The molecule has 2 aromatic rings. The van der Waals surface area contributed by atoms with Crippen molar-refractivity contribution in [2.45, 2.75) is 63.0 Å². The zero-order chi connectivity index (χ0) is 27.3. The number of carbonyl (C=O) groups excluding carboxylic acids is 1. The monoisotopic (exact) mass is 543 g/mol. The van der Waals surface area contributed by atoms with Crippen LogP contribution in [0, 0.1) is 11.8 Å². The minimum atomic E-state index is -3.90. The lowest BCUT2D eigenvalue weighted by molar-refractivity contribution is 0.0333. The summed E-state index contributed by atoms with van der Waals surface area (Å²) in [5, 5.41) is 9.90. The van der Waals surface area contributed by atoms with Gasteiger partial charge in [-0.2, -0.15) is 0 Å². The highest BCUT2D eigenvalue weighted by Gasteiger charge is 2.35. The van der Waals surface area contributed by atoms with Gasteiger partial charge in [0.05, 0.1) is 28.8 Å². The molecular formula is C29H41N3O5S. The number of nitrogens with one attached hydrogen (secondary N) is 1. The molecule has 2 aliphatic rings. The number of para-hydroxylation sites is 1. The first kappa shape index (κ1) is 28.4. The van der Waals surface area contributed by atoms with E-state index < -0.39 is 10.0 Å². The van der Waals surface area contributed by atoms with E-state index in [4.69, 9.17) is 4.74 Å². The van der Waals surface area contributed by atoms with Gasteiger partial charge in [0, 0.05) is 25.6 Å². The van der Waals surface area contributed by atoms with Gasteiger partial charge in [-0.05, 0) is 57.0 Å². The number of carbonyl (C=O) groups is 1. The molecule has 38 heavy (non-hydrogen) atoms. The largest absolute Gasteiger partial charge is 0.486 e. The van der Waals surface area contributed by atoms with Crippen molar-refractivity contribution >= 4 is 21.6 Å². The number of nitrogens with zero attached hydrogens (tertiary/aromatic N) is 2. The Morgan fingerprint density at radius 3 is 2.47 bits per heavy atom. The number of hydrogen-bond acceptors (Lipinski definition) is 6. The Morgan fingerprint density at radius 1 is 1.08 bits per heavy atom. The van der Waals surface area contributed by atoms with Crippen LogP contribution in [0.3, 0.4) is 0 Å². The number of aliphatic hydroxyl groups excluding tert-OH is 1. The molecule has 0 spiro atoms. The maximum absolute atomic E-state index is 13.7. The molecule has 2 aromatic carbocycles. The number of benzene rings is 2. The van der Waals surface area contributed by atoms with Gasteiger partial charge in [-0.25, -0.2) is 8.42 Å². The molecule has 0 saturated heterocycles. The molecule has 1 fully saturated rings. The van der Waals surface area contributed by atoms with Crippen LogP contribution < -0.4 is 9.46 Å². The third kappa shape index (κ3) is 6.68. The summed E-state index contributed by atoms with van der Waals surface area (Å²) in [5.41, 5.74) is 0.510. The molecule has 0 unspecified atom stereocenters. The first-order valence-corrected chi connectivity index (χ1v) is 15.2. The van der Waals surface area contributed by atoms with Crippen molar-refractivity contribution in [1.82, 2.24) is 9.80 Å². The summed E-state index contributed by atoms with van der Waals surface area (Å²) in [5.74, 6) is 0.567. The highest BCUT2D eigenvalue weighted by atomic mass is 32.2. The molecule has 1 amide bonds. The van der Waals surface area contributed by atoms with Crippen LogP contribution in [0.25, 0.3) is 0 Å². The number of amides is 1. The molecule has 0 radical (unpaired) electrons. The van der Waals surface area contributed by atoms with E-state index in [9.17, 15) is 18.3 Å². The fourth-order valence-corrected chi connectivity index (χ4v) is 6.62. The normalized spacial score (nSPS) is 21.8. The van der Waals surface area contributed by atoms with Crippen LogP contribution in [-0.2, 0) is 10.0 Å². The van der Waals surface area contributed by atoms with E-state index in [1.165, 1.54) is 44.2 Å². The average Bonchev–Trinajstić information content (AvgIpc) is 2.91. The summed E-state index contributed by atoms with van der Waals surface area (Å²) < 4.78 is 35.6. The smallest absolute Gasteiger partial charge is 0.262 e. The van der Waals surface area contributed by atoms with E-state index in [0.29, 0.717) is 19.0 Å². The van der Waals surface area contributed by atoms with Crippen LogP contribution in [0.5, 0.6) is 5.75 Å². The van der Waals surface area contributed by atoms with Gasteiger partial charge in [0.25, 0.3) is 15.9 Å². The molecule has 3 atom stereocenters. The quantitative estimate of drug-likeness (QED) is 0.491. The van der Waals surface area contributed by atoms with E-state index in [-0.39, 0.29) is 52.5 Å². The predicted octanol–water partition coefficient (Wildman–Crippen LogP) is 4.22. The Morgan fingerprint density at radius 2 is 1.79 bits per heavy atom. The number of aliphatic hydroxyl groups is 1. The van der Waals surface area contributed by atoms with Gasteiger partial charge < -0.3 is 19.6 Å². The number of rotatable bonds is 9. The highest BCUT2D eigenvalue weighted by Crippen LogP contribution is 2.36. The maximum atomic E-state index is 13.7. The molecule has 0 bridgehead atoms. The second-order valence-corrected chi connectivity index (χ2v) is 12.6. The molecule has 0 aromatic heterocycles. The Kier molecular flexibility index (Phi) is 9.33. The SMILES string of the molecule is C[C@@H]1CN([C@@H](C)CO)C(=O)c2cccc(NS(=O)(=O)c3ccccc3)c2O[C@H]1CN(C)CC1CCCCC1. The van der Waals surface area contributed by atoms with Crippen molar-refractivity contribution < 1.29 is 23.1 Å². The van der Waals surface area contributed by atoms with Crippen LogP contribution in [0.4, 0.5) is 5.69 Å². The number of hydrogen-bond donors (Lipinski definition) is 2. The summed E-state index contributed by atoms with van der Waals surface area (Å²) in [7, 11) is -1.79. The number of fused-ring (bicyclic) bond motifs is 1. The first-order chi connectivity index (χ1) is 18.2. The molecule has 8 nitrogen and oxygen atoms in total. The summed E-state index contributed by atoms with van der Waals surface area (Å²) in [4.78, 5) is 17.8. The summed E-state index contributed by atoms with van der Waals surface area (Å²) >= 11 is 0. The van der Waals surface area contributed by atoms with Gasteiger partial charge in [0.2, 0.25) is 0 Å². The molecule has 9 heteroatoms. The van der Waals surface area contributed by atoms with Crippen molar-refractivity contribution in [2.24, 2.45) is 11.8 Å². The van der Waals surface area contributed by atoms with Gasteiger partial charge in [-0.1, -0.05) is 50.5 Å². The third-order valence-electron chi connectivity index (χ3n) is 7.78. The van der Waals surface area contributed by atoms with Crippen LogP contribution in [0.15, 0.2) is 53.4 Å². The van der Waals surface area contributed by atoms with Crippen molar-refractivity contribution in [3.8, 4) is 5.75 Å². The Bertz CT molecular complexity index is 1180. The standard InChI is InChI=1S/C29H41N3O5S/c1-21-17-32(22(2)20-33)29(34)25-15-10-16-26(30-38(35,36)24-13-8-5-9-14-24)28(25)37-27(21)19-31(3)18-23-11-6-4-7-12-23/h5,8-10,13-16,21-23,27,30,33H,4,6-7,11-12,17-20H2,1-3H3/t21-,22+,27+/m1/s1. The van der Waals surface area contributed by atoms with E-state index in [2.05, 4.69) is 16.7 Å². The lowest BCUT2D eigenvalue weighted by atomic mass is 9.89. The zero-order valence-corrected chi connectivity index (χ0v) is 23.5. The minimum Gasteiger partial charge on any atom is -0.486 e. The number of sulfonamides is 1. The van der Waals surface area contributed by atoms with Crippen molar-refractivity contribution in [3.05, 3.63) is 54.1 Å². The second kappa shape index (κ2) is 12.5.